The van der Waals surface area contributed by atoms with Crippen LogP contribution in [0.4, 0.5) is 0 Å². The van der Waals surface area contributed by atoms with Crippen LogP contribution in [-0.2, 0) is 4.79 Å². The fourth-order valence-corrected chi connectivity index (χ4v) is 2.48. The molecule has 1 aliphatic carbocycles. The normalized spacial score (nSPS) is 32.1. The van der Waals surface area contributed by atoms with Gasteiger partial charge >= 0.3 is 0 Å². The third kappa shape index (κ3) is 1.23. The summed E-state index contributed by atoms with van der Waals surface area (Å²) in [7, 11) is 1.67. The lowest BCUT2D eigenvalue weighted by Gasteiger charge is -2.16. The van der Waals surface area contributed by atoms with Crippen LogP contribution in [0.2, 0.25) is 0 Å². The van der Waals surface area contributed by atoms with E-state index in [4.69, 9.17) is 4.74 Å². The van der Waals surface area contributed by atoms with Gasteiger partial charge in [0.05, 0.1) is 13.2 Å². The van der Waals surface area contributed by atoms with Gasteiger partial charge in [0, 0.05) is 11.5 Å². The summed E-state index contributed by atoms with van der Waals surface area (Å²) in [4.78, 5) is 11.4. The lowest BCUT2D eigenvalue weighted by Crippen LogP contribution is -2.23. The van der Waals surface area contributed by atoms with Crippen LogP contribution in [0.3, 0.4) is 0 Å². The number of hydrogen-bond acceptors (Lipinski definition) is 2. The summed E-state index contributed by atoms with van der Waals surface area (Å²) in [6.45, 7) is 0. The Morgan fingerprint density at radius 1 is 1.40 bits per heavy atom. The number of ether oxygens (including phenoxy) is 1. The van der Waals surface area contributed by atoms with Crippen LogP contribution in [0.5, 0.6) is 5.75 Å². The molecule has 1 unspecified atom stereocenters. The molecule has 0 spiro atoms. The Kier molecular flexibility index (Phi) is 1.75. The van der Waals surface area contributed by atoms with E-state index in [1.165, 1.54) is 0 Å². The van der Waals surface area contributed by atoms with E-state index >= 15 is 0 Å². The number of carbonyl (C=O) groups excluding carboxylic acids is 1. The fourth-order valence-electron chi connectivity index (χ4n) is 2.48. The van der Waals surface area contributed by atoms with Gasteiger partial charge in [-0.05, 0) is 18.4 Å². The Balaban J connectivity index is 1.96. The number of methoxy groups -OCH3 is 1. The van der Waals surface area contributed by atoms with Gasteiger partial charge in [0.1, 0.15) is 5.75 Å². The zero-order chi connectivity index (χ0) is 10.4. The Labute approximate surface area is 88.4 Å². The van der Waals surface area contributed by atoms with Crippen LogP contribution >= 0.6 is 0 Å². The van der Waals surface area contributed by atoms with E-state index in [0.29, 0.717) is 5.92 Å². The maximum Gasteiger partial charge on any atom is 0.223 e. The van der Waals surface area contributed by atoms with Crippen molar-refractivity contribution < 1.29 is 9.53 Å². The molecular formula is C12H13NO2. The van der Waals surface area contributed by atoms with Crippen molar-refractivity contribution in [3.05, 3.63) is 29.8 Å². The highest BCUT2D eigenvalue weighted by molar-refractivity contribution is 5.85. The minimum atomic E-state index is 0.165. The predicted octanol–water partition coefficient (Wildman–Crippen LogP) is 1.50. The number of benzene rings is 1. The minimum absolute atomic E-state index is 0.165. The summed E-state index contributed by atoms with van der Waals surface area (Å²) in [5.74, 6) is 1.83. The predicted molar refractivity (Wildman–Crippen MR) is 55.5 cm³/mol. The highest BCUT2D eigenvalue weighted by Crippen LogP contribution is 2.53. The number of fused-ring (bicyclic) bond motifs is 1. The van der Waals surface area contributed by atoms with Crippen LogP contribution in [0, 0.1) is 11.8 Å². The number of piperidine rings is 1. The first-order chi connectivity index (χ1) is 7.31. The van der Waals surface area contributed by atoms with Gasteiger partial charge < -0.3 is 10.1 Å². The number of carbonyl (C=O) groups is 1. The van der Waals surface area contributed by atoms with Gasteiger partial charge in [-0.2, -0.15) is 0 Å². The van der Waals surface area contributed by atoms with Crippen molar-refractivity contribution in [2.75, 3.05) is 7.11 Å². The Morgan fingerprint density at radius 2 is 2.20 bits per heavy atom. The van der Waals surface area contributed by atoms with Crippen molar-refractivity contribution in [2.45, 2.75) is 12.5 Å². The summed E-state index contributed by atoms with van der Waals surface area (Å²) in [6, 6.07) is 8.07. The number of nitrogens with one attached hydrogen (secondary N) is 1. The van der Waals surface area contributed by atoms with Gasteiger partial charge in [-0.3, -0.25) is 4.79 Å². The molecule has 0 bridgehead atoms. The van der Waals surface area contributed by atoms with E-state index < -0.39 is 0 Å². The first-order valence-corrected chi connectivity index (χ1v) is 5.24. The number of amides is 1. The molecule has 2 fully saturated rings. The Hall–Kier alpha value is -1.51. The third-order valence-electron chi connectivity index (χ3n) is 3.38. The largest absolute Gasteiger partial charge is 0.496 e. The number of para-hydroxylation sites is 1. The van der Waals surface area contributed by atoms with E-state index in [-0.39, 0.29) is 17.9 Å². The van der Waals surface area contributed by atoms with Crippen molar-refractivity contribution in [2.24, 2.45) is 11.8 Å². The van der Waals surface area contributed by atoms with Crippen LogP contribution in [0.15, 0.2) is 24.3 Å². The first kappa shape index (κ1) is 8.77. The van der Waals surface area contributed by atoms with E-state index in [1.807, 2.05) is 24.3 Å². The zero-order valence-corrected chi connectivity index (χ0v) is 8.57. The van der Waals surface area contributed by atoms with Crippen molar-refractivity contribution >= 4 is 5.91 Å². The lowest BCUT2D eigenvalue weighted by atomic mass is 10.0. The molecule has 3 atom stereocenters. The van der Waals surface area contributed by atoms with Crippen LogP contribution in [0.1, 0.15) is 18.0 Å². The van der Waals surface area contributed by atoms with E-state index in [1.54, 1.807) is 7.11 Å². The maximum absolute atomic E-state index is 11.4. The van der Waals surface area contributed by atoms with Gasteiger partial charge in [0.15, 0.2) is 0 Å². The molecule has 78 valence electrons. The summed E-state index contributed by atoms with van der Waals surface area (Å²) >= 11 is 0. The standard InChI is InChI=1S/C12H13NO2/c1-15-10-5-3-2-4-7(10)11-8-6-9(8)12(14)13-11/h2-5,8-9,11H,6H2,1H3,(H,13,14)/t8-,9+,11?/m0/s1. The molecule has 3 nitrogen and oxygen atoms in total. The highest BCUT2D eigenvalue weighted by Gasteiger charge is 2.55. The van der Waals surface area contributed by atoms with Gasteiger partial charge in [-0.1, -0.05) is 18.2 Å². The number of rotatable bonds is 2. The highest BCUT2D eigenvalue weighted by atomic mass is 16.5. The van der Waals surface area contributed by atoms with Gasteiger partial charge in [-0.25, -0.2) is 0 Å². The molecule has 0 radical (unpaired) electrons. The van der Waals surface area contributed by atoms with Gasteiger partial charge in [0.2, 0.25) is 5.91 Å². The zero-order valence-electron chi connectivity index (χ0n) is 8.57. The average Bonchev–Trinajstić information content (AvgIpc) is 3.00. The molecule has 1 heterocycles. The van der Waals surface area contributed by atoms with Crippen LogP contribution in [0.25, 0.3) is 0 Å². The SMILES string of the molecule is COc1ccccc1C1NC(=O)[C@@H]2C[C@H]12. The Morgan fingerprint density at radius 3 is 2.80 bits per heavy atom. The van der Waals surface area contributed by atoms with Crippen molar-refractivity contribution in [3.63, 3.8) is 0 Å². The van der Waals surface area contributed by atoms with Crippen molar-refractivity contribution in [1.29, 1.82) is 0 Å². The minimum Gasteiger partial charge on any atom is -0.496 e. The Bertz CT molecular complexity index is 416. The summed E-state index contributed by atoms with van der Waals surface area (Å²) in [6.07, 6.45) is 1.04. The van der Waals surface area contributed by atoms with Crippen molar-refractivity contribution in [3.8, 4) is 5.75 Å². The van der Waals surface area contributed by atoms with E-state index in [0.717, 1.165) is 17.7 Å². The average molecular weight is 203 g/mol. The molecule has 3 heteroatoms. The maximum atomic E-state index is 11.4. The molecule has 1 aromatic carbocycles. The molecule has 1 amide bonds. The molecule has 0 aromatic heterocycles. The molecule has 1 aliphatic heterocycles. The quantitative estimate of drug-likeness (QED) is 0.791. The molecule has 1 aromatic rings. The summed E-state index contributed by atoms with van der Waals surface area (Å²) in [5, 5.41) is 3.03. The van der Waals surface area contributed by atoms with E-state index in [9.17, 15) is 4.79 Å². The van der Waals surface area contributed by atoms with Crippen LogP contribution < -0.4 is 10.1 Å². The third-order valence-corrected chi connectivity index (χ3v) is 3.38. The van der Waals surface area contributed by atoms with Gasteiger partial charge in [0.25, 0.3) is 0 Å². The number of hydrogen-bond donors (Lipinski definition) is 1. The topological polar surface area (TPSA) is 38.3 Å². The fraction of sp³-hybridized carbons (Fsp3) is 0.417. The van der Waals surface area contributed by atoms with Gasteiger partial charge in [-0.15, -0.1) is 0 Å². The van der Waals surface area contributed by atoms with Crippen LogP contribution in [-0.4, -0.2) is 13.0 Å². The van der Waals surface area contributed by atoms with E-state index in [2.05, 4.69) is 5.32 Å². The molecule has 3 rings (SSSR count). The summed E-state index contributed by atoms with van der Waals surface area (Å²) < 4.78 is 5.31. The second-order valence-electron chi connectivity index (χ2n) is 4.23. The second-order valence-corrected chi connectivity index (χ2v) is 4.23. The molecule has 1 saturated carbocycles. The monoisotopic (exact) mass is 203 g/mol. The first-order valence-electron chi connectivity index (χ1n) is 5.24. The smallest absolute Gasteiger partial charge is 0.223 e. The molecule has 15 heavy (non-hydrogen) atoms. The van der Waals surface area contributed by atoms with Crippen molar-refractivity contribution in [1.82, 2.24) is 5.32 Å². The lowest BCUT2D eigenvalue weighted by molar-refractivity contribution is -0.121. The molecular weight excluding hydrogens is 190 g/mol. The molecule has 2 aliphatic rings. The second kappa shape index (κ2) is 2.99. The molecule has 1 N–H and O–H groups in total. The molecule has 1 saturated heterocycles. The summed E-state index contributed by atoms with van der Waals surface area (Å²) in [5.41, 5.74) is 1.11.